The maximum Gasteiger partial charge on any atom is 0.240 e. The Labute approximate surface area is 98.4 Å². The summed E-state index contributed by atoms with van der Waals surface area (Å²) in [5, 5.41) is 8.13. The van der Waals surface area contributed by atoms with E-state index in [1.807, 2.05) is 30.3 Å². The maximum absolute atomic E-state index is 10.0. The first-order chi connectivity index (χ1) is 8.38. The van der Waals surface area contributed by atoms with E-state index < -0.39 is 0 Å². The normalized spacial score (nSPS) is 10.1. The molecule has 2 rings (SSSR count). The number of hydrogen-bond acceptors (Lipinski definition) is 4. The average molecular weight is 223 g/mol. The molecule has 0 amide bonds. The van der Waals surface area contributed by atoms with Crippen molar-refractivity contribution in [2.24, 2.45) is 15.2 Å². The summed E-state index contributed by atoms with van der Waals surface area (Å²) in [4.78, 5) is 13.5. The van der Waals surface area contributed by atoms with Gasteiger partial charge in [-0.1, -0.05) is 18.2 Å². The fraction of sp³-hybridized carbons (Fsp3) is 0. The molecule has 4 nitrogen and oxygen atoms in total. The first-order valence-electron chi connectivity index (χ1n) is 5.03. The molecule has 0 aliphatic carbocycles. The molecule has 0 aromatic heterocycles. The molecule has 0 saturated carbocycles. The fourth-order valence-electron chi connectivity index (χ4n) is 1.26. The number of benzene rings is 2. The first-order valence-corrected chi connectivity index (χ1v) is 5.03. The number of nitrogens with zero attached hydrogens (tertiary/aromatic N) is 3. The minimum Gasteiger partial charge on any atom is -0.211 e. The number of aliphatic imine (C=N–C) groups is 1. The molecule has 0 spiro atoms. The molecular formula is C13H9N3O. The van der Waals surface area contributed by atoms with Crippen molar-refractivity contribution < 1.29 is 4.79 Å². The number of isocyanates is 1. The highest BCUT2D eigenvalue weighted by molar-refractivity contribution is 5.52. The zero-order valence-corrected chi connectivity index (χ0v) is 8.95. The van der Waals surface area contributed by atoms with Crippen LogP contribution in [0, 0.1) is 0 Å². The van der Waals surface area contributed by atoms with Crippen LogP contribution in [0.1, 0.15) is 0 Å². The van der Waals surface area contributed by atoms with Crippen LogP contribution < -0.4 is 0 Å². The van der Waals surface area contributed by atoms with E-state index >= 15 is 0 Å². The minimum absolute atomic E-state index is 0.554. The van der Waals surface area contributed by atoms with E-state index in [2.05, 4.69) is 15.2 Å². The summed E-state index contributed by atoms with van der Waals surface area (Å²) in [5.41, 5.74) is 2.06. The van der Waals surface area contributed by atoms with Crippen molar-refractivity contribution in [3.05, 3.63) is 54.6 Å². The predicted octanol–water partition coefficient (Wildman–Crippen LogP) is 4.07. The Morgan fingerprint density at radius 2 is 1.24 bits per heavy atom. The van der Waals surface area contributed by atoms with Gasteiger partial charge in [-0.25, -0.2) is 4.79 Å². The van der Waals surface area contributed by atoms with Gasteiger partial charge in [-0.15, -0.1) is 0 Å². The van der Waals surface area contributed by atoms with E-state index in [1.165, 1.54) is 6.08 Å². The molecule has 0 fully saturated rings. The van der Waals surface area contributed by atoms with E-state index in [0.717, 1.165) is 5.69 Å². The van der Waals surface area contributed by atoms with Crippen molar-refractivity contribution in [2.75, 3.05) is 0 Å². The zero-order valence-electron chi connectivity index (χ0n) is 8.95. The van der Waals surface area contributed by atoms with Crippen LogP contribution in [0.5, 0.6) is 0 Å². The summed E-state index contributed by atoms with van der Waals surface area (Å²) in [7, 11) is 0. The summed E-state index contributed by atoms with van der Waals surface area (Å²) in [6.45, 7) is 0. The Bertz CT molecular complexity index is 555. The molecule has 0 aliphatic heterocycles. The molecule has 4 heteroatoms. The van der Waals surface area contributed by atoms with E-state index in [9.17, 15) is 4.79 Å². The number of carbonyl (C=O) groups excluding carboxylic acids is 1. The van der Waals surface area contributed by atoms with E-state index in [1.54, 1.807) is 24.3 Å². The Hall–Kier alpha value is -2.58. The van der Waals surface area contributed by atoms with Gasteiger partial charge in [0.15, 0.2) is 0 Å². The smallest absolute Gasteiger partial charge is 0.211 e. The topological polar surface area (TPSA) is 54.1 Å². The van der Waals surface area contributed by atoms with Crippen molar-refractivity contribution in [3.63, 3.8) is 0 Å². The van der Waals surface area contributed by atoms with Gasteiger partial charge in [-0.2, -0.15) is 15.2 Å². The van der Waals surface area contributed by atoms with Crippen molar-refractivity contribution in [3.8, 4) is 0 Å². The average Bonchev–Trinajstić information content (AvgIpc) is 2.40. The number of rotatable bonds is 3. The van der Waals surface area contributed by atoms with Crippen LogP contribution in [0.2, 0.25) is 0 Å². The van der Waals surface area contributed by atoms with Gasteiger partial charge in [0.05, 0.1) is 17.1 Å². The van der Waals surface area contributed by atoms with Crippen molar-refractivity contribution in [1.82, 2.24) is 0 Å². The second-order valence-electron chi connectivity index (χ2n) is 3.26. The van der Waals surface area contributed by atoms with Crippen molar-refractivity contribution >= 4 is 23.1 Å². The summed E-state index contributed by atoms with van der Waals surface area (Å²) in [5.74, 6) is 0. The Morgan fingerprint density at radius 3 is 1.82 bits per heavy atom. The highest BCUT2D eigenvalue weighted by Crippen LogP contribution is 2.20. The van der Waals surface area contributed by atoms with Crippen LogP contribution in [0.3, 0.4) is 0 Å². The summed E-state index contributed by atoms with van der Waals surface area (Å²) in [6.07, 6.45) is 1.48. The van der Waals surface area contributed by atoms with Gasteiger partial charge in [-0.3, -0.25) is 0 Å². The highest BCUT2D eigenvalue weighted by Gasteiger charge is 1.91. The van der Waals surface area contributed by atoms with Gasteiger partial charge < -0.3 is 0 Å². The monoisotopic (exact) mass is 223 g/mol. The van der Waals surface area contributed by atoms with Crippen LogP contribution in [0.15, 0.2) is 69.8 Å². The lowest BCUT2D eigenvalue weighted by Gasteiger charge is -1.93. The molecule has 0 radical (unpaired) electrons. The third-order valence-electron chi connectivity index (χ3n) is 2.06. The molecule has 0 bridgehead atoms. The molecule has 0 unspecified atom stereocenters. The molecule has 0 saturated heterocycles. The minimum atomic E-state index is 0.554. The van der Waals surface area contributed by atoms with Crippen LogP contribution in [0.4, 0.5) is 17.1 Å². The van der Waals surface area contributed by atoms with Gasteiger partial charge >= 0.3 is 0 Å². The molecule has 0 N–H and O–H groups in total. The molecule has 2 aromatic carbocycles. The molecule has 17 heavy (non-hydrogen) atoms. The standard InChI is InChI=1S/C13H9N3O/c17-10-14-11-6-8-13(9-7-11)16-15-12-4-2-1-3-5-12/h1-9H. The fourth-order valence-corrected chi connectivity index (χ4v) is 1.26. The lowest BCUT2D eigenvalue weighted by atomic mass is 10.3. The molecule has 0 atom stereocenters. The van der Waals surface area contributed by atoms with Gasteiger partial charge in [0.25, 0.3) is 0 Å². The largest absolute Gasteiger partial charge is 0.240 e. The Morgan fingerprint density at radius 1 is 0.706 bits per heavy atom. The number of hydrogen-bond donors (Lipinski definition) is 0. The van der Waals surface area contributed by atoms with Gasteiger partial charge in [-0.05, 0) is 36.4 Å². The second kappa shape index (κ2) is 5.49. The maximum atomic E-state index is 10.0. The van der Waals surface area contributed by atoms with Crippen molar-refractivity contribution in [2.45, 2.75) is 0 Å². The summed E-state index contributed by atoms with van der Waals surface area (Å²) < 4.78 is 0. The van der Waals surface area contributed by atoms with Gasteiger partial charge in [0, 0.05) is 0 Å². The Balaban J connectivity index is 2.14. The van der Waals surface area contributed by atoms with Crippen LogP contribution in [-0.2, 0) is 4.79 Å². The third-order valence-corrected chi connectivity index (χ3v) is 2.06. The quantitative estimate of drug-likeness (QED) is 0.439. The van der Waals surface area contributed by atoms with Crippen LogP contribution in [0.25, 0.3) is 0 Å². The van der Waals surface area contributed by atoms with E-state index in [4.69, 9.17) is 0 Å². The molecular weight excluding hydrogens is 214 g/mol. The lowest BCUT2D eigenvalue weighted by molar-refractivity contribution is 0.565. The second-order valence-corrected chi connectivity index (χ2v) is 3.26. The molecule has 82 valence electrons. The molecule has 2 aromatic rings. The first kappa shape index (κ1) is 10.9. The van der Waals surface area contributed by atoms with Gasteiger partial charge in [0.2, 0.25) is 6.08 Å². The Kier molecular flexibility index (Phi) is 3.53. The third kappa shape index (κ3) is 3.19. The zero-order chi connectivity index (χ0) is 11.9. The summed E-state index contributed by atoms with van der Waals surface area (Å²) >= 11 is 0. The predicted molar refractivity (Wildman–Crippen MR) is 64.8 cm³/mol. The van der Waals surface area contributed by atoms with E-state index in [0.29, 0.717) is 11.4 Å². The van der Waals surface area contributed by atoms with Crippen molar-refractivity contribution in [1.29, 1.82) is 0 Å². The molecule has 0 heterocycles. The van der Waals surface area contributed by atoms with Crippen LogP contribution in [-0.4, -0.2) is 6.08 Å². The van der Waals surface area contributed by atoms with Gasteiger partial charge in [0.1, 0.15) is 0 Å². The highest BCUT2D eigenvalue weighted by atomic mass is 16.1. The van der Waals surface area contributed by atoms with Crippen LogP contribution >= 0.6 is 0 Å². The lowest BCUT2D eigenvalue weighted by Crippen LogP contribution is -1.65. The summed E-state index contributed by atoms with van der Waals surface area (Å²) in [6, 6.07) is 16.3. The van der Waals surface area contributed by atoms with E-state index in [-0.39, 0.29) is 0 Å². The SMILES string of the molecule is O=C=Nc1ccc(N=Nc2ccccc2)cc1. The molecule has 0 aliphatic rings. The number of azo groups is 1.